The fourth-order valence-electron chi connectivity index (χ4n) is 3.89. The van der Waals surface area contributed by atoms with Crippen LogP contribution in [-0.2, 0) is 33.2 Å². The maximum absolute atomic E-state index is 12.5. The van der Waals surface area contributed by atoms with E-state index >= 15 is 0 Å². The van der Waals surface area contributed by atoms with Crippen molar-refractivity contribution in [2.24, 2.45) is 4.99 Å². The maximum Gasteiger partial charge on any atom is 0.414 e. The molecule has 3 saturated heterocycles. The molecule has 0 bridgehead atoms. The van der Waals surface area contributed by atoms with Crippen LogP contribution in [0.3, 0.4) is 0 Å². The van der Waals surface area contributed by atoms with Crippen LogP contribution in [0.2, 0.25) is 0 Å². The molecule has 2 N–H and O–H groups in total. The summed E-state index contributed by atoms with van der Waals surface area (Å²) in [5.74, 6) is -1.88. The highest BCUT2D eigenvalue weighted by molar-refractivity contribution is 6.01. The molecule has 5 atom stereocenters. The second-order valence-electron chi connectivity index (χ2n) is 11.7. The summed E-state index contributed by atoms with van der Waals surface area (Å²) >= 11 is 0. The molecule has 0 aromatic heterocycles. The summed E-state index contributed by atoms with van der Waals surface area (Å²) in [4.78, 5) is 29.7. The molecule has 3 aliphatic heterocycles. The first-order valence-electron chi connectivity index (χ1n) is 11.7. The summed E-state index contributed by atoms with van der Waals surface area (Å²) in [6, 6.07) is -0.718. The number of rotatable bonds is 2. The predicted molar refractivity (Wildman–Crippen MR) is 124 cm³/mol. The topological polar surface area (TPSA) is 135 Å². The van der Waals surface area contributed by atoms with Crippen molar-refractivity contribution >= 4 is 18.1 Å². The number of alkyl carbamates (subject to hydrolysis) is 2. The van der Waals surface area contributed by atoms with E-state index in [0.717, 1.165) is 0 Å². The lowest BCUT2D eigenvalue weighted by atomic mass is 10.0. The van der Waals surface area contributed by atoms with E-state index < -0.39 is 65.6 Å². The number of nitrogens with zero attached hydrogens (tertiary/aromatic N) is 1. The molecule has 0 aromatic carbocycles. The van der Waals surface area contributed by atoms with Gasteiger partial charge in [0, 0.05) is 0 Å². The Kier molecular flexibility index (Phi) is 7.47. The number of amides is 2. The first-order valence-corrected chi connectivity index (χ1v) is 11.7. The first-order chi connectivity index (χ1) is 15.8. The quantitative estimate of drug-likeness (QED) is 0.432. The van der Waals surface area contributed by atoms with Crippen LogP contribution >= 0.6 is 0 Å². The molecule has 35 heavy (non-hydrogen) atoms. The number of aliphatic imine (C=N–C) groups is 1. The predicted octanol–water partition coefficient (Wildman–Crippen LogP) is 2.79. The monoisotopic (exact) mass is 501 g/mol. The Morgan fingerprint density at radius 2 is 1.37 bits per heavy atom. The van der Waals surface area contributed by atoms with Gasteiger partial charge in [-0.25, -0.2) is 14.6 Å². The van der Waals surface area contributed by atoms with Crippen LogP contribution in [0.25, 0.3) is 0 Å². The van der Waals surface area contributed by atoms with E-state index in [1.807, 2.05) is 0 Å². The maximum atomic E-state index is 12.5. The number of hydrogen-bond acceptors (Lipinski definition) is 10. The standard InChI is InChI=1S/C23H39N3O9/c1-20(2,3)34-18(27)25-17(26-19(28)35-21(4,5)6)24-13-14(12-11-29-22(7,8)31-12)30-16-15(13)32-23(9,10)33-16/h12-16H,11H2,1-10H3,(H2,24,25,26,27,28)/t12-,13-,14-,15-,16-/m1/s1. The SMILES string of the molecule is CC(C)(C)OC(=O)NC(=N[C@H]1[C@H]2OC(C)(C)O[C@H]2O[C@@H]1[C@H]1COC(C)(C)O1)NC(=O)OC(C)(C)C. The molecule has 3 rings (SSSR count). The molecule has 12 heteroatoms. The van der Waals surface area contributed by atoms with E-state index in [2.05, 4.69) is 15.6 Å². The molecule has 3 fully saturated rings. The molecule has 0 unspecified atom stereocenters. The fraction of sp³-hybridized carbons (Fsp3) is 0.870. The second kappa shape index (κ2) is 9.47. The summed E-state index contributed by atoms with van der Waals surface area (Å²) in [5, 5.41) is 5.00. The molecule has 0 aromatic rings. The smallest absolute Gasteiger partial charge is 0.414 e. The Morgan fingerprint density at radius 1 is 0.829 bits per heavy atom. The van der Waals surface area contributed by atoms with Gasteiger partial charge in [0.2, 0.25) is 5.96 Å². The van der Waals surface area contributed by atoms with Crippen molar-refractivity contribution in [3.63, 3.8) is 0 Å². The molecular formula is C23H39N3O9. The van der Waals surface area contributed by atoms with Crippen molar-refractivity contribution in [3.8, 4) is 0 Å². The van der Waals surface area contributed by atoms with Crippen molar-refractivity contribution < 1.29 is 42.7 Å². The molecule has 3 heterocycles. The second-order valence-corrected chi connectivity index (χ2v) is 11.7. The van der Waals surface area contributed by atoms with Crippen molar-refractivity contribution in [2.45, 2.75) is 123 Å². The molecule has 3 aliphatic rings. The highest BCUT2D eigenvalue weighted by atomic mass is 16.8. The minimum atomic E-state index is -0.905. The van der Waals surface area contributed by atoms with Gasteiger partial charge in [-0.2, -0.15) is 0 Å². The van der Waals surface area contributed by atoms with Gasteiger partial charge in [-0.15, -0.1) is 0 Å². The summed E-state index contributed by atoms with van der Waals surface area (Å²) in [6.45, 7) is 17.7. The van der Waals surface area contributed by atoms with Crippen molar-refractivity contribution in [2.75, 3.05) is 6.61 Å². The van der Waals surface area contributed by atoms with Crippen LogP contribution in [0, 0.1) is 0 Å². The molecule has 0 saturated carbocycles. The Bertz CT molecular complexity index is 812. The Hall–Kier alpha value is -1.99. The first kappa shape index (κ1) is 27.6. The fourth-order valence-corrected chi connectivity index (χ4v) is 3.89. The molecule has 0 aliphatic carbocycles. The highest BCUT2D eigenvalue weighted by Gasteiger charge is 2.58. The van der Waals surface area contributed by atoms with Gasteiger partial charge in [0.25, 0.3) is 0 Å². The van der Waals surface area contributed by atoms with E-state index in [1.165, 1.54) is 0 Å². The van der Waals surface area contributed by atoms with Crippen LogP contribution in [0.1, 0.15) is 69.2 Å². The van der Waals surface area contributed by atoms with Gasteiger partial charge in [0.15, 0.2) is 17.9 Å². The third-order valence-electron chi connectivity index (χ3n) is 4.97. The number of carbonyl (C=O) groups excluding carboxylic acids is 2. The van der Waals surface area contributed by atoms with Crippen LogP contribution in [0.5, 0.6) is 0 Å². The highest BCUT2D eigenvalue weighted by Crippen LogP contribution is 2.42. The zero-order valence-corrected chi connectivity index (χ0v) is 22.2. The lowest BCUT2D eigenvalue weighted by Crippen LogP contribution is -2.50. The lowest BCUT2D eigenvalue weighted by molar-refractivity contribution is -0.222. The van der Waals surface area contributed by atoms with Crippen LogP contribution in [-0.4, -0.2) is 78.2 Å². The minimum Gasteiger partial charge on any atom is -0.444 e. The van der Waals surface area contributed by atoms with Crippen molar-refractivity contribution in [1.82, 2.24) is 10.6 Å². The average Bonchev–Trinajstić information content (AvgIpc) is 3.21. The Morgan fingerprint density at radius 3 is 1.83 bits per heavy atom. The van der Waals surface area contributed by atoms with E-state index in [-0.39, 0.29) is 12.6 Å². The van der Waals surface area contributed by atoms with Gasteiger partial charge in [0.05, 0.1) is 6.61 Å². The summed E-state index contributed by atoms with van der Waals surface area (Å²) in [7, 11) is 0. The van der Waals surface area contributed by atoms with E-state index in [9.17, 15) is 9.59 Å². The van der Waals surface area contributed by atoms with Crippen molar-refractivity contribution in [1.29, 1.82) is 0 Å². The zero-order valence-electron chi connectivity index (χ0n) is 22.2. The normalized spacial score (nSPS) is 31.4. The van der Waals surface area contributed by atoms with Crippen LogP contribution in [0.15, 0.2) is 4.99 Å². The molecular weight excluding hydrogens is 462 g/mol. The van der Waals surface area contributed by atoms with Gasteiger partial charge in [-0.1, -0.05) is 0 Å². The Balaban J connectivity index is 1.90. The lowest BCUT2D eigenvalue weighted by Gasteiger charge is -2.28. The third kappa shape index (κ3) is 7.74. The molecule has 0 radical (unpaired) electrons. The number of guanidine groups is 1. The summed E-state index contributed by atoms with van der Waals surface area (Å²) < 4.78 is 40.5. The van der Waals surface area contributed by atoms with Crippen LogP contribution < -0.4 is 10.6 Å². The van der Waals surface area contributed by atoms with E-state index in [4.69, 9.17) is 33.2 Å². The number of ether oxygens (including phenoxy) is 7. The van der Waals surface area contributed by atoms with Gasteiger partial charge < -0.3 is 33.2 Å². The number of carbonyl (C=O) groups is 2. The summed E-state index contributed by atoms with van der Waals surface area (Å²) in [5.41, 5.74) is -1.53. The van der Waals surface area contributed by atoms with Crippen LogP contribution in [0.4, 0.5) is 9.59 Å². The average molecular weight is 502 g/mol. The number of hydrogen-bond donors (Lipinski definition) is 2. The number of fused-ring (bicyclic) bond motifs is 1. The van der Waals surface area contributed by atoms with Crippen molar-refractivity contribution in [3.05, 3.63) is 0 Å². The largest absolute Gasteiger partial charge is 0.444 e. The molecule has 0 spiro atoms. The molecule has 12 nitrogen and oxygen atoms in total. The van der Waals surface area contributed by atoms with E-state index in [1.54, 1.807) is 69.2 Å². The molecule has 200 valence electrons. The zero-order chi connectivity index (χ0) is 26.4. The van der Waals surface area contributed by atoms with E-state index in [0.29, 0.717) is 0 Å². The van der Waals surface area contributed by atoms with Gasteiger partial charge in [-0.3, -0.25) is 10.6 Å². The number of nitrogens with one attached hydrogen (secondary N) is 2. The minimum absolute atomic E-state index is 0.181. The van der Waals surface area contributed by atoms with Gasteiger partial charge in [-0.05, 0) is 69.2 Å². The van der Waals surface area contributed by atoms with Gasteiger partial charge in [0.1, 0.15) is 35.6 Å². The summed E-state index contributed by atoms with van der Waals surface area (Å²) in [6.07, 6.45) is -4.07. The third-order valence-corrected chi connectivity index (χ3v) is 4.97. The van der Waals surface area contributed by atoms with Gasteiger partial charge >= 0.3 is 12.2 Å². The molecule has 2 amide bonds. The Labute approximate surface area is 206 Å².